The van der Waals surface area contributed by atoms with E-state index < -0.39 is 0 Å². The fourth-order valence-corrected chi connectivity index (χ4v) is 1.04. The molecule has 4 nitrogen and oxygen atoms in total. The highest BCUT2D eigenvalue weighted by molar-refractivity contribution is 9.10. The third-order valence-electron chi connectivity index (χ3n) is 1.58. The summed E-state index contributed by atoms with van der Waals surface area (Å²) < 4.78 is 0. The molecular weight excluding hydrogens is 234 g/mol. The number of hydrogen-bond acceptors (Lipinski definition) is 2. The summed E-state index contributed by atoms with van der Waals surface area (Å²) in [5.41, 5.74) is 0. The van der Waals surface area contributed by atoms with Crippen molar-refractivity contribution in [1.82, 2.24) is 15.3 Å². The van der Waals surface area contributed by atoms with Gasteiger partial charge >= 0.3 is 0 Å². The number of hydrogen-bond donors (Lipinski definition) is 2. The number of amides is 1. The number of rotatable bonds is 4. The van der Waals surface area contributed by atoms with Crippen LogP contribution in [0.5, 0.6) is 0 Å². The van der Waals surface area contributed by atoms with Crippen LogP contribution in [0.4, 0.5) is 0 Å². The van der Waals surface area contributed by atoms with Crippen LogP contribution >= 0.6 is 15.9 Å². The van der Waals surface area contributed by atoms with Gasteiger partial charge in [-0.25, -0.2) is 4.98 Å². The summed E-state index contributed by atoms with van der Waals surface area (Å²) in [4.78, 5) is 18.0. The van der Waals surface area contributed by atoms with E-state index in [4.69, 9.17) is 0 Å². The van der Waals surface area contributed by atoms with Gasteiger partial charge in [0.15, 0.2) is 0 Å². The van der Waals surface area contributed by atoms with Crippen LogP contribution in [0.2, 0.25) is 0 Å². The second-order valence-corrected chi connectivity index (χ2v) is 4.07. The van der Waals surface area contributed by atoms with E-state index in [2.05, 4.69) is 31.2 Å². The van der Waals surface area contributed by atoms with Gasteiger partial charge in [0, 0.05) is 25.4 Å². The van der Waals surface area contributed by atoms with Crippen LogP contribution in [-0.2, 0) is 11.2 Å². The standard InChI is InChI=1S/C8H12BrN3O/c1-6(9)8(13)12-3-2-7-10-4-5-11-7/h4-6H,2-3H2,1H3,(H,10,11)(H,12,13). The Labute approximate surface area is 85.3 Å². The van der Waals surface area contributed by atoms with Crippen LogP contribution in [0.3, 0.4) is 0 Å². The van der Waals surface area contributed by atoms with Gasteiger partial charge in [-0.05, 0) is 6.92 Å². The van der Waals surface area contributed by atoms with Gasteiger partial charge in [0.05, 0.1) is 4.83 Å². The molecule has 1 heterocycles. The molecule has 0 bridgehead atoms. The lowest BCUT2D eigenvalue weighted by Gasteiger charge is -2.04. The summed E-state index contributed by atoms with van der Waals surface area (Å²) >= 11 is 3.18. The predicted octanol–water partition coefficient (Wildman–Crippen LogP) is 0.852. The van der Waals surface area contributed by atoms with Crippen LogP contribution in [0.25, 0.3) is 0 Å². The summed E-state index contributed by atoms with van der Waals surface area (Å²) in [6.07, 6.45) is 4.20. The molecule has 72 valence electrons. The molecule has 0 aliphatic carbocycles. The number of aromatic amines is 1. The van der Waals surface area contributed by atoms with E-state index in [1.54, 1.807) is 19.3 Å². The number of aromatic nitrogens is 2. The molecule has 1 rings (SSSR count). The normalized spacial score (nSPS) is 12.5. The second-order valence-electron chi connectivity index (χ2n) is 2.69. The molecule has 0 aliphatic heterocycles. The van der Waals surface area contributed by atoms with Crippen molar-refractivity contribution < 1.29 is 4.79 Å². The number of halogens is 1. The van der Waals surface area contributed by atoms with Crippen LogP contribution in [-0.4, -0.2) is 27.2 Å². The molecule has 5 heteroatoms. The fraction of sp³-hybridized carbons (Fsp3) is 0.500. The molecule has 0 spiro atoms. The van der Waals surface area contributed by atoms with Crippen molar-refractivity contribution in [2.75, 3.05) is 6.54 Å². The van der Waals surface area contributed by atoms with Crippen molar-refractivity contribution in [3.05, 3.63) is 18.2 Å². The zero-order valence-corrected chi connectivity index (χ0v) is 8.97. The molecule has 0 aromatic carbocycles. The molecule has 0 aliphatic rings. The minimum atomic E-state index is -0.135. The number of H-pyrrole nitrogens is 1. The monoisotopic (exact) mass is 245 g/mol. The van der Waals surface area contributed by atoms with Gasteiger partial charge in [0.1, 0.15) is 5.82 Å². The fourth-order valence-electron chi connectivity index (χ4n) is 0.879. The summed E-state index contributed by atoms with van der Waals surface area (Å²) in [5, 5.41) is 2.77. The van der Waals surface area contributed by atoms with Gasteiger partial charge in [-0.15, -0.1) is 0 Å². The Morgan fingerprint density at radius 3 is 3.15 bits per heavy atom. The van der Waals surface area contributed by atoms with Gasteiger partial charge in [0.25, 0.3) is 0 Å². The number of carbonyl (C=O) groups excluding carboxylic acids is 1. The molecular formula is C8H12BrN3O. The maximum absolute atomic E-state index is 11.1. The number of alkyl halides is 1. The van der Waals surface area contributed by atoms with E-state index >= 15 is 0 Å². The molecule has 2 N–H and O–H groups in total. The van der Waals surface area contributed by atoms with E-state index in [0.29, 0.717) is 6.54 Å². The number of nitrogens with zero attached hydrogens (tertiary/aromatic N) is 1. The average molecular weight is 246 g/mol. The van der Waals surface area contributed by atoms with Crippen molar-refractivity contribution in [2.45, 2.75) is 18.2 Å². The lowest BCUT2D eigenvalue weighted by Crippen LogP contribution is -2.31. The van der Waals surface area contributed by atoms with Crippen LogP contribution in [0.1, 0.15) is 12.7 Å². The molecule has 0 radical (unpaired) electrons. The van der Waals surface area contributed by atoms with E-state index in [1.165, 1.54) is 0 Å². The maximum atomic E-state index is 11.1. The van der Waals surface area contributed by atoms with Crippen molar-refractivity contribution in [2.24, 2.45) is 0 Å². The van der Waals surface area contributed by atoms with Gasteiger partial charge in [0.2, 0.25) is 5.91 Å². The first-order valence-corrected chi connectivity index (χ1v) is 5.01. The quantitative estimate of drug-likeness (QED) is 0.774. The maximum Gasteiger partial charge on any atom is 0.233 e. The second kappa shape index (κ2) is 5.01. The largest absolute Gasteiger partial charge is 0.355 e. The topological polar surface area (TPSA) is 57.8 Å². The zero-order valence-electron chi connectivity index (χ0n) is 7.38. The third kappa shape index (κ3) is 3.59. The highest BCUT2D eigenvalue weighted by Crippen LogP contribution is 1.96. The molecule has 0 saturated carbocycles. The van der Waals surface area contributed by atoms with Gasteiger partial charge in [-0.2, -0.15) is 0 Å². The molecule has 0 fully saturated rings. The molecule has 0 saturated heterocycles. The van der Waals surface area contributed by atoms with Crippen molar-refractivity contribution >= 4 is 21.8 Å². The van der Waals surface area contributed by atoms with Crippen molar-refractivity contribution in [3.63, 3.8) is 0 Å². The SMILES string of the molecule is CC(Br)C(=O)NCCc1ncc[nH]1. The zero-order chi connectivity index (χ0) is 9.68. The molecule has 1 unspecified atom stereocenters. The van der Waals surface area contributed by atoms with Crippen LogP contribution in [0, 0.1) is 0 Å². The summed E-state index contributed by atoms with van der Waals surface area (Å²) in [5.74, 6) is 0.897. The lowest BCUT2D eigenvalue weighted by molar-refractivity contribution is -0.120. The smallest absolute Gasteiger partial charge is 0.233 e. The molecule has 1 aromatic heterocycles. The van der Waals surface area contributed by atoms with Crippen molar-refractivity contribution in [3.8, 4) is 0 Å². The summed E-state index contributed by atoms with van der Waals surface area (Å²) in [6.45, 7) is 2.41. The van der Waals surface area contributed by atoms with E-state index in [9.17, 15) is 4.79 Å². The minimum Gasteiger partial charge on any atom is -0.355 e. The Hall–Kier alpha value is -0.840. The van der Waals surface area contributed by atoms with Crippen LogP contribution in [0.15, 0.2) is 12.4 Å². The van der Waals surface area contributed by atoms with Crippen molar-refractivity contribution in [1.29, 1.82) is 0 Å². The Bertz CT molecular complexity index is 258. The van der Waals surface area contributed by atoms with Gasteiger partial charge < -0.3 is 10.3 Å². The Balaban J connectivity index is 2.18. The Morgan fingerprint density at radius 2 is 2.62 bits per heavy atom. The number of imidazole rings is 1. The molecule has 1 aromatic rings. The first-order valence-electron chi connectivity index (χ1n) is 4.10. The first-order chi connectivity index (χ1) is 6.20. The molecule has 1 atom stereocenters. The predicted molar refractivity (Wildman–Crippen MR) is 53.7 cm³/mol. The van der Waals surface area contributed by atoms with E-state index in [-0.39, 0.29) is 10.7 Å². The first kappa shape index (κ1) is 10.2. The Morgan fingerprint density at radius 1 is 1.85 bits per heavy atom. The highest BCUT2D eigenvalue weighted by Gasteiger charge is 2.06. The van der Waals surface area contributed by atoms with Crippen LogP contribution < -0.4 is 5.32 Å². The summed E-state index contributed by atoms with van der Waals surface area (Å²) in [6, 6.07) is 0. The number of carbonyl (C=O) groups is 1. The highest BCUT2D eigenvalue weighted by atomic mass is 79.9. The molecule has 1 amide bonds. The lowest BCUT2D eigenvalue weighted by atomic mass is 10.4. The van der Waals surface area contributed by atoms with Gasteiger partial charge in [-0.1, -0.05) is 15.9 Å². The average Bonchev–Trinajstić information content (AvgIpc) is 2.56. The number of nitrogens with one attached hydrogen (secondary N) is 2. The Kier molecular flexibility index (Phi) is 3.95. The van der Waals surface area contributed by atoms with Gasteiger partial charge in [-0.3, -0.25) is 4.79 Å². The third-order valence-corrected chi connectivity index (χ3v) is 1.99. The summed E-state index contributed by atoms with van der Waals surface area (Å²) in [7, 11) is 0. The van der Waals surface area contributed by atoms with E-state index in [0.717, 1.165) is 12.2 Å². The van der Waals surface area contributed by atoms with E-state index in [1.807, 2.05) is 0 Å². The molecule has 13 heavy (non-hydrogen) atoms. The minimum absolute atomic E-state index is 0.00607.